The number of aromatic nitrogens is 4. The summed E-state index contributed by atoms with van der Waals surface area (Å²) < 4.78 is 11.2. The second kappa shape index (κ2) is 8.31. The maximum atomic E-state index is 5.89. The van der Waals surface area contributed by atoms with E-state index in [4.69, 9.17) is 14.5 Å². The molecule has 1 aliphatic rings. The molecule has 7 heteroatoms. The van der Waals surface area contributed by atoms with Gasteiger partial charge in [0, 0.05) is 54.4 Å². The zero-order valence-corrected chi connectivity index (χ0v) is 16.1. The predicted molar refractivity (Wildman–Crippen MR) is 106 cm³/mol. The summed E-state index contributed by atoms with van der Waals surface area (Å²) in [5.74, 6) is 2.11. The van der Waals surface area contributed by atoms with Gasteiger partial charge in [-0.2, -0.15) is 0 Å². The molecule has 0 aliphatic carbocycles. The Morgan fingerprint density at radius 1 is 1.21 bits per heavy atom. The lowest BCUT2D eigenvalue weighted by atomic mass is 10.2. The van der Waals surface area contributed by atoms with E-state index in [1.807, 2.05) is 38.1 Å². The summed E-state index contributed by atoms with van der Waals surface area (Å²) in [6, 6.07) is 7.77. The molecule has 0 aromatic carbocycles. The number of aryl methyl sites for hydroxylation is 1. The fourth-order valence-corrected chi connectivity index (χ4v) is 3.01. The number of rotatable bonds is 6. The Morgan fingerprint density at radius 3 is 2.93 bits per heavy atom. The molecule has 1 aliphatic heterocycles. The zero-order valence-electron chi connectivity index (χ0n) is 16.1. The monoisotopic (exact) mass is 377 g/mol. The number of pyridine rings is 2. The van der Waals surface area contributed by atoms with Crippen LogP contribution in [0.4, 0.5) is 5.82 Å². The first kappa shape index (κ1) is 18.3. The molecule has 0 radical (unpaired) electrons. The van der Waals surface area contributed by atoms with Crippen molar-refractivity contribution in [1.29, 1.82) is 0 Å². The number of nitrogens with zero attached hydrogens (tertiary/aromatic N) is 4. The molecule has 4 heterocycles. The van der Waals surface area contributed by atoms with E-state index < -0.39 is 0 Å². The van der Waals surface area contributed by atoms with Crippen LogP contribution in [0.25, 0.3) is 11.4 Å². The van der Waals surface area contributed by atoms with Crippen molar-refractivity contribution < 1.29 is 9.47 Å². The zero-order chi connectivity index (χ0) is 19.3. The van der Waals surface area contributed by atoms with Gasteiger partial charge in [-0.1, -0.05) is 0 Å². The Balaban J connectivity index is 1.49. The smallest absolute Gasteiger partial charge is 0.213 e. The lowest BCUT2D eigenvalue weighted by Gasteiger charge is -2.14. The van der Waals surface area contributed by atoms with E-state index in [0.29, 0.717) is 24.9 Å². The Hall–Kier alpha value is -3.06. The third-order valence-corrected chi connectivity index (χ3v) is 4.74. The molecule has 1 unspecified atom stereocenters. The van der Waals surface area contributed by atoms with Crippen LogP contribution in [-0.4, -0.2) is 39.3 Å². The summed E-state index contributed by atoms with van der Waals surface area (Å²) in [7, 11) is 0. The van der Waals surface area contributed by atoms with Gasteiger partial charge in [-0.25, -0.2) is 15.0 Å². The second-order valence-corrected chi connectivity index (χ2v) is 6.81. The van der Waals surface area contributed by atoms with Gasteiger partial charge in [0.05, 0.1) is 13.2 Å². The minimum absolute atomic E-state index is 0.0875. The molecule has 144 valence electrons. The standard InChI is InChI=1S/C21H23N5O2/c1-14-15(2)25-21(17-4-3-7-22-12-17)26-20(14)24-11-16-5-8-23-19(10-16)28-18-6-9-27-13-18/h3-5,7-8,10,12,18H,6,9,11,13H2,1-2H3,(H,24,25,26). The van der Waals surface area contributed by atoms with E-state index in [1.165, 1.54) is 0 Å². The molecule has 1 saturated heterocycles. The van der Waals surface area contributed by atoms with E-state index in [2.05, 4.69) is 20.3 Å². The highest BCUT2D eigenvalue weighted by atomic mass is 16.5. The summed E-state index contributed by atoms with van der Waals surface area (Å²) in [6.45, 7) is 6.00. The maximum Gasteiger partial charge on any atom is 0.213 e. The van der Waals surface area contributed by atoms with Crippen LogP contribution in [0.3, 0.4) is 0 Å². The van der Waals surface area contributed by atoms with Crippen molar-refractivity contribution in [2.75, 3.05) is 18.5 Å². The van der Waals surface area contributed by atoms with E-state index >= 15 is 0 Å². The number of nitrogens with one attached hydrogen (secondary N) is 1. The molecule has 1 fully saturated rings. The molecule has 0 spiro atoms. The van der Waals surface area contributed by atoms with Crippen LogP contribution in [0.5, 0.6) is 5.88 Å². The molecule has 1 atom stereocenters. The molecular formula is C21H23N5O2. The predicted octanol–water partition coefficient (Wildman–Crippen LogP) is 3.33. The van der Waals surface area contributed by atoms with Crippen LogP contribution >= 0.6 is 0 Å². The summed E-state index contributed by atoms with van der Waals surface area (Å²) in [6.07, 6.45) is 6.27. The van der Waals surface area contributed by atoms with Gasteiger partial charge in [0.2, 0.25) is 5.88 Å². The molecular weight excluding hydrogens is 354 g/mol. The molecule has 0 amide bonds. The van der Waals surface area contributed by atoms with E-state index in [-0.39, 0.29) is 6.10 Å². The average Bonchev–Trinajstić information content (AvgIpc) is 3.23. The Labute approximate surface area is 164 Å². The third-order valence-electron chi connectivity index (χ3n) is 4.74. The lowest BCUT2D eigenvalue weighted by molar-refractivity contribution is 0.138. The highest BCUT2D eigenvalue weighted by molar-refractivity contribution is 5.58. The molecule has 0 bridgehead atoms. The van der Waals surface area contributed by atoms with Crippen molar-refractivity contribution in [3.05, 3.63) is 59.7 Å². The summed E-state index contributed by atoms with van der Waals surface area (Å²) in [5.41, 5.74) is 3.94. The van der Waals surface area contributed by atoms with Crippen molar-refractivity contribution in [2.45, 2.75) is 32.9 Å². The summed E-state index contributed by atoms with van der Waals surface area (Å²) in [4.78, 5) is 17.8. The first-order chi connectivity index (χ1) is 13.7. The Bertz CT molecular complexity index is 943. The first-order valence-corrected chi connectivity index (χ1v) is 9.38. The molecule has 3 aromatic heterocycles. The normalized spacial score (nSPS) is 16.1. The van der Waals surface area contributed by atoms with Gasteiger partial charge in [0.15, 0.2) is 5.82 Å². The van der Waals surface area contributed by atoms with E-state index in [1.54, 1.807) is 18.6 Å². The van der Waals surface area contributed by atoms with Crippen LogP contribution in [0.1, 0.15) is 23.2 Å². The van der Waals surface area contributed by atoms with Crippen molar-refractivity contribution >= 4 is 5.82 Å². The van der Waals surface area contributed by atoms with Gasteiger partial charge in [-0.3, -0.25) is 4.98 Å². The van der Waals surface area contributed by atoms with Crippen molar-refractivity contribution in [2.24, 2.45) is 0 Å². The van der Waals surface area contributed by atoms with E-state index in [9.17, 15) is 0 Å². The number of anilines is 1. The van der Waals surface area contributed by atoms with Gasteiger partial charge in [-0.15, -0.1) is 0 Å². The van der Waals surface area contributed by atoms with Gasteiger partial charge in [-0.05, 0) is 37.6 Å². The lowest BCUT2D eigenvalue weighted by Crippen LogP contribution is -2.16. The van der Waals surface area contributed by atoms with Gasteiger partial charge >= 0.3 is 0 Å². The van der Waals surface area contributed by atoms with Crippen LogP contribution in [0.2, 0.25) is 0 Å². The highest BCUT2D eigenvalue weighted by Crippen LogP contribution is 2.22. The Kier molecular flexibility index (Phi) is 5.43. The largest absolute Gasteiger partial charge is 0.472 e. The van der Waals surface area contributed by atoms with Gasteiger partial charge in [0.25, 0.3) is 0 Å². The Morgan fingerprint density at radius 2 is 2.14 bits per heavy atom. The second-order valence-electron chi connectivity index (χ2n) is 6.81. The molecule has 1 N–H and O–H groups in total. The highest BCUT2D eigenvalue weighted by Gasteiger charge is 2.17. The van der Waals surface area contributed by atoms with Crippen molar-refractivity contribution in [3.63, 3.8) is 0 Å². The molecule has 4 rings (SSSR count). The number of hydrogen-bond donors (Lipinski definition) is 1. The third kappa shape index (κ3) is 4.26. The SMILES string of the molecule is Cc1nc(-c2cccnc2)nc(NCc2ccnc(OC3CCOC3)c2)c1C. The molecule has 0 saturated carbocycles. The van der Waals surface area contributed by atoms with Crippen LogP contribution in [0.15, 0.2) is 42.9 Å². The van der Waals surface area contributed by atoms with Crippen LogP contribution in [0, 0.1) is 13.8 Å². The fourth-order valence-electron chi connectivity index (χ4n) is 3.01. The van der Waals surface area contributed by atoms with Crippen molar-refractivity contribution in [1.82, 2.24) is 19.9 Å². The van der Waals surface area contributed by atoms with Gasteiger partial charge < -0.3 is 14.8 Å². The first-order valence-electron chi connectivity index (χ1n) is 9.38. The summed E-state index contributed by atoms with van der Waals surface area (Å²) in [5, 5.41) is 3.42. The molecule has 28 heavy (non-hydrogen) atoms. The quantitative estimate of drug-likeness (QED) is 0.705. The average molecular weight is 377 g/mol. The van der Waals surface area contributed by atoms with Crippen molar-refractivity contribution in [3.8, 4) is 17.3 Å². The minimum atomic E-state index is 0.0875. The topological polar surface area (TPSA) is 82.1 Å². The molecule has 3 aromatic rings. The molecule has 7 nitrogen and oxygen atoms in total. The van der Waals surface area contributed by atoms with Gasteiger partial charge in [0.1, 0.15) is 11.9 Å². The van der Waals surface area contributed by atoms with Crippen LogP contribution in [-0.2, 0) is 11.3 Å². The summed E-state index contributed by atoms with van der Waals surface area (Å²) >= 11 is 0. The fraction of sp³-hybridized carbons (Fsp3) is 0.333. The number of hydrogen-bond acceptors (Lipinski definition) is 7. The maximum absolute atomic E-state index is 5.89. The number of ether oxygens (including phenoxy) is 2. The van der Waals surface area contributed by atoms with Crippen LogP contribution < -0.4 is 10.1 Å². The minimum Gasteiger partial charge on any atom is -0.472 e. The van der Waals surface area contributed by atoms with E-state index in [0.717, 1.165) is 41.2 Å².